The number of rotatable bonds is 0. The third kappa shape index (κ3) is 1.31. The number of carbonyl (C=O) groups excluding carboxylic acids is 1. The Morgan fingerprint density at radius 3 is 3.31 bits per heavy atom. The molecule has 2 aliphatic heterocycles. The second-order valence-corrected chi connectivity index (χ2v) is 5.19. The van der Waals surface area contributed by atoms with Crippen LogP contribution in [-0.2, 0) is 14.9 Å². The van der Waals surface area contributed by atoms with Gasteiger partial charge in [0, 0.05) is 19.2 Å². The molecular weight excluding hydrogens is 272 g/mol. The number of ether oxygens (including phenoxy) is 1. The van der Waals surface area contributed by atoms with Crippen LogP contribution in [0.1, 0.15) is 18.5 Å². The quantitative estimate of drug-likeness (QED) is 0.739. The van der Waals surface area contributed by atoms with Gasteiger partial charge in [-0.15, -0.1) is 0 Å². The van der Waals surface area contributed by atoms with E-state index in [0.29, 0.717) is 19.4 Å². The van der Waals surface area contributed by atoms with E-state index in [9.17, 15) is 4.79 Å². The largest absolute Gasteiger partial charge is 0.367 e. The minimum absolute atomic E-state index is 0.0500. The summed E-state index contributed by atoms with van der Waals surface area (Å²) >= 11 is 3.42. The number of nitrogens with zero attached hydrogens (tertiary/aromatic N) is 1. The molecule has 0 bridgehead atoms. The van der Waals surface area contributed by atoms with Crippen LogP contribution in [0.4, 0.5) is 5.69 Å². The molecule has 1 fully saturated rings. The molecule has 1 aromatic heterocycles. The van der Waals surface area contributed by atoms with Crippen LogP contribution in [-0.4, -0.2) is 22.5 Å². The van der Waals surface area contributed by atoms with E-state index in [2.05, 4.69) is 26.2 Å². The molecule has 3 rings (SSSR count). The number of halogens is 1. The third-order valence-electron chi connectivity index (χ3n) is 3.28. The molecule has 2 atom stereocenters. The molecule has 1 saturated heterocycles. The summed E-state index contributed by atoms with van der Waals surface area (Å²) in [6, 6.07) is 3.73. The zero-order valence-electron chi connectivity index (χ0n) is 8.57. The first kappa shape index (κ1) is 10.2. The molecule has 1 N–H and O–H groups in total. The van der Waals surface area contributed by atoms with Crippen LogP contribution in [0.25, 0.3) is 0 Å². The molecule has 0 aliphatic carbocycles. The highest BCUT2D eigenvalue weighted by Gasteiger charge is 2.50. The predicted molar refractivity (Wildman–Crippen MR) is 62.4 cm³/mol. The molecule has 2 aliphatic rings. The second-order valence-electron chi connectivity index (χ2n) is 4.17. The van der Waals surface area contributed by atoms with Crippen molar-refractivity contribution in [3.8, 4) is 0 Å². The topological polar surface area (TPSA) is 51.2 Å². The maximum atomic E-state index is 12.1. The van der Waals surface area contributed by atoms with Crippen LogP contribution in [0.2, 0.25) is 0 Å². The van der Waals surface area contributed by atoms with Crippen LogP contribution in [0, 0.1) is 0 Å². The van der Waals surface area contributed by atoms with Crippen molar-refractivity contribution in [3.63, 3.8) is 0 Å². The molecule has 0 aromatic carbocycles. The van der Waals surface area contributed by atoms with E-state index in [4.69, 9.17) is 4.74 Å². The smallest absolute Gasteiger partial charge is 0.236 e. The van der Waals surface area contributed by atoms with E-state index in [-0.39, 0.29) is 10.9 Å². The van der Waals surface area contributed by atoms with Crippen molar-refractivity contribution in [2.24, 2.45) is 0 Å². The number of pyridine rings is 1. The summed E-state index contributed by atoms with van der Waals surface area (Å²) in [6.45, 7) is 0.583. The highest BCUT2D eigenvalue weighted by Crippen LogP contribution is 2.45. The average molecular weight is 283 g/mol. The van der Waals surface area contributed by atoms with Gasteiger partial charge in [-0.05, 0) is 18.6 Å². The second kappa shape index (κ2) is 3.53. The Labute approximate surface area is 102 Å². The lowest BCUT2D eigenvalue weighted by atomic mass is 9.78. The Balaban J connectivity index is 2.09. The zero-order valence-corrected chi connectivity index (χ0v) is 10.2. The average Bonchev–Trinajstić information content (AvgIpc) is 2.53. The third-order valence-corrected chi connectivity index (χ3v) is 3.87. The fourth-order valence-electron chi connectivity index (χ4n) is 2.45. The fourth-order valence-corrected chi connectivity index (χ4v) is 3.19. The zero-order chi connectivity index (χ0) is 11.2. The minimum atomic E-state index is -0.497. The highest BCUT2D eigenvalue weighted by atomic mass is 79.9. The first-order chi connectivity index (χ1) is 7.72. The molecule has 4 nitrogen and oxygen atoms in total. The Kier molecular flexibility index (Phi) is 2.26. The van der Waals surface area contributed by atoms with E-state index in [1.165, 1.54) is 0 Å². The Hall–Kier alpha value is -0.940. The van der Waals surface area contributed by atoms with E-state index >= 15 is 0 Å². The van der Waals surface area contributed by atoms with E-state index in [1.807, 2.05) is 12.1 Å². The van der Waals surface area contributed by atoms with Crippen LogP contribution in [0.5, 0.6) is 0 Å². The molecule has 1 spiro atoms. The number of fused-ring (bicyclic) bond motifs is 2. The molecule has 1 amide bonds. The van der Waals surface area contributed by atoms with Crippen molar-refractivity contribution >= 4 is 27.5 Å². The van der Waals surface area contributed by atoms with Crippen LogP contribution in [0.3, 0.4) is 0 Å². The summed E-state index contributed by atoms with van der Waals surface area (Å²) in [7, 11) is 0. The number of hydrogen-bond acceptors (Lipinski definition) is 3. The maximum Gasteiger partial charge on any atom is 0.236 e. The molecule has 3 heterocycles. The van der Waals surface area contributed by atoms with Crippen LogP contribution < -0.4 is 5.32 Å². The monoisotopic (exact) mass is 282 g/mol. The summed E-state index contributed by atoms with van der Waals surface area (Å²) in [5, 5.41) is 2.83. The summed E-state index contributed by atoms with van der Waals surface area (Å²) in [6.07, 6.45) is 3.08. The van der Waals surface area contributed by atoms with Crippen molar-refractivity contribution in [2.75, 3.05) is 11.9 Å². The molecule has 2 unspecified atom stereocenters. The first-order valence-electron chi connectivity index (χ1n) is 5.25. The number of aromatic nitrogens is 1. The fraction of sp³-hybridized carbons (Fsp3) is 0.455. The van der Waals surface area contributed by atoms with Crippen molar-refractivity contribution in [3.05, 3.63) is 24.0 Å². The maximum absolute atomic E-state index is 12.1. The van der Waals surface area contributed by atoms with Crippen molar-refractivity contribution < 1.29 is 9.53 Å². The van der Waals surface area contributed by atoms with Gasteiger partial charge in [0.2, 0.25) is 5.91 Å². The Morgan fingerprint density at radius 2 is 2.50 bits per heavy atom. The summed E-state index contributed by atoms with van der Waals surface area (Å²) in [4.78, 5) is 16.5. The van der Waals surface area contributed by atoms with Gasteiger partial charge >= 0.3 is 0 Å². The minimum Gasteiger partial charge on any atom is -0.367 e. The van der Waals surface area contributed by atoms with Gasteiger partial charge in [-0.25, -0.2) is 0 Å². The highest BCUT2D eigenvalue weighted by molar-refractivity contribution is 9.09. The van der Waals surface area contributed by atoms with Gasteiger partial charge in [0.1, 0.15) is 5.01 Å². The van der Waals surface area contributed by atoms with Gasteiger partial charge in [0.05, 0.1) is 16.8 Å². The summed E-state index contributed by atoms with van der Waals surface area (Å²) in [5.74, 6) is 0.0500. The first-order valence-corrected chi connectivity index (χ1v) is 6.16. The van der Waals surface area contributed by atoms with Crippen LogP contribution in [0.15, 0.2) is 18.3 Å². The number of nitrogens with one attached hydrogen (secondary N) is 1. The van der Waals surface area contributed by atoms with Crippen molar-refractivity contribution in [2.45, 2.75) is 23.3 Å². The van der Waals surface area contributed by atoms with Crippen molar-refractivity contribution in [1.29, 1.82) is 0 Å². The molecule has 16 heavy (non-hydrogen) atoms. The molecule has 0 saturated carbocycles. The summed E-state index contributed by atoms with van der Waals surface area (Å²) < 4.78 is 5.44. The molecule has 84 valence electrons. The van der Waals surface area contributed by atoms with Gasteiger partial charge in [-0.1, -0.05) is 15.9 Å². The SMILES string of the molecule is O=C1Nc2cccnc2C12CCOC(Br)C2. The van der Waals surface area contributed by atoms with E-state index < -0.39 is 5.41 Å². The number of amides is 1. The van der Waals surface area contributed by atoms with Gasteiger partial charge < -0.3 is 10.1 Å². The summed E-state index contributed by atoms with van der Waals surface area (Å²) in [5.41, 5.74) is 1.21. The van der Waals surface area contributed by atoms with Gasteiger partial charge in [-0.2, -0.15) is 0 Å². The number of carbonyl (C=O) groups is 1. The molecular formula is C11H11BrN2O2. The number of anilines is 1. The van der Waals surface area contributed by atoms with Gasteiger partial charge in [-0.3, -0.25) is 9.78 Å². The van der Waals surface area contributed by atoms with Crippen LogP contribution >= 0.6 is 15.9 Å². The number of alkyl halides is 1. The predicted octanol–water partition coefficient (Wildman–Crippen LogP) is 1.80. The Bertz CT molecular complexity index is 451. The molecule has 5 heteroatoms. The van der Waals surface area contributed by atoms with Crippen molar-refractivity contribution in [1.82, 2.24) is 4.98 Å². The normalized spacial score (nSPS) is 32.6. The Morgan fingerprint density at radius 1 is 1.62 bits per heavy atom. The lowest BCUT2D eigenvalue weighted by Gasteiger charge is -2.33. The lowest BCUT2D eigenvalue weighted by molar-refractivity contribution is -0.124. The standard InChI is InChI=1S/C11H11BrN2O2/c12-8-6-11(3-5-16-8)9-7(14-10(11)15)2-1-4-13-9/h1-2,4,8H,3,5-6H2,(H,14,15). The van der Waals surface area contributed by atoms with Gasteiger partial charge in [0.25, 0.3) is 0 Å². The van der Waals surface area contributed by atoms with E-state index in [1.54, 1.807) is 6.20 Å². The number of hydrogen-bond donors (Lipinski definition) is 1. The molecule has 1 aromatic rings. The van der Waals surface area contributed by atoms with Gasteiger partial charge in [0.15, 0.2) is 0 Å². The molecule has 0 radical (unpaired) electrons. The lowest BCUT2D eigenvalue weighted by Crippen LogP contribution is -2.42. The van der Waals surface area contributed by atoms with E-state index in [0.717, 1.165) is 11.4 Å².